The molecule has 160 valence electrons. The molecule has 1 aliphatic rings. The van der Waals surface area contributed by atoms with Crippen LogP contribution in [-0.2, 0) is 36.3 Å². The number of alkyl halides is 1. The molecule has 0 aromatic heterocycles. The molecule has 8 nitrogen and oxygen atoms in total. The van der Waals surface area contributed by atoms with Crippen molar-refractivity contribution in [2.24, 2.45) is 0 Å². The maximum Gasteiger partial charge on any atom is 0.409 e. The number of rotatable bonds is 7. The summed E-state index contributed by atoms with van der Waals surface area (Å²) in [6, 6.07) is 1.88. The monoisotopic (exact) mass is 518 g/mol. The van der Waals surface area contributed by atoms with Crippen LogP contribution in [0.25, 0.3) is 0 Å². The number of fused-ring (bicyclic) bond motifs is 1. The van der Waals surface area contributed by atoms with E-state index in [-0.39, 0.29) is 25.2 Å². The van der Waals surface area contributed by atoms with Crippen molar-refractivity contribution in [2.45, 2.75) is 38.0 Å². The third-order valence-corrected chi connectivity index (χ3v) is 5.24. The van der Waals surface area contributed by atoms with E-state index in [9.17, 15) is 14.4 Å². The average Bonchev–Trinajstić information content (AvgIpc) is 2.88. The fourth-order valence-electron chi connectivity index (χ4n) is 3.29. The van der Waals surface area contributed by atoms with E-state index in [1.807, 2.05) is 6.07 Å². The van der Waals surface area contributed by atoms with Gasteiger partial charge in [-0.25, -0.2) is 9.59 Å². The Bertz CT molecular complexity index is 768. The molecule has 0 bridgehead atoms. The van der Waals surface area contributed by atoms with Gasteiger partial charge in [-0.15, -0.1) is 0 Å². The number of halogens is 1. The lowest BCUT2D eigenvalue weighted by atomic mass is 9.96. The standard InChI is InChI=1S/C20H27IN2O6/c1-4-27-18(25)12-29-19-16(11-21)15-7-9-23(20(26)28-5-2)8-6-14(15)10-17(19)22-13(3)24/h10H,4-9,11-12H2,1-3H3,(H,22,24). The summed E-state index contributed by atoms with van der Waals surface area (Å²) in [4.78, 5) is 37.3. The summed E-state index contributed by atoms with van der Waals surface area (Å²) in [5, 5.41) is 2.80. The highest BCUT2D eigenvalue weighted by Gasteiger charge is 2.25. The molecule has 0 fully saturated rings. The van der Waals surface area contributed by atoms with E-state index in [1.54, 1.807) is 18.7 Å². The second kappa shape index (κ2) is 11.2. The van der Waals surface area contributed by atoms with Gasteiger partial charge in [0.25, 0.3) is 0 Å². The van der Waals surface area contributed by atoms with Gasteiger partial charge in [-0.05, 0) is 43.9 Å². The van der Waals surface area contributed by atoms with Crippen LogP contribution in [0.15, 0.2) is 6.07 Å². The Morgan fingerprint density at radius 3 is 2.45 bits per heavy atom. The lowest BCUT2D eigenvalue weighted by Gasteiger charge is -2.20. The summed E-state index contributed by atoms with van der Waals surface area (Å²) >= 11 is 2.24. The van der Waals surface area contributed by atoms with E-state index in [4.69, 9.17) is 14.2 Å². The molecule has 0 saturated carbocycles. The first-order valence-corrected chi connectivity index (χ1v) is 11.1. The maximum atomic E-state index is 12.1. The Labute approximate surface area is 184 Å². The molecule has 1 aromatic rings. The minimum atomic E-state index is -0.468. The normalized spacial score (nSPS) is 13.2. The Hall–Kier alpha value is -2.04. The molecular weight excluding hydrogens is 491 g/mol. The molecule has 0 saturated heterocycles. The largest absolute Gasteiger partial charge is 0.479 e. The lowest BCUT2D eigenvalue weighted by molar-refractivity contribution is -0.145. The SMILES string of the molecule is CCOC(=O)COc1c(NC(C)=O)cc2c(c1CI)CCN(C(=O)OCC)CC2. The van der Waals surface area contributed by atoms with Crippen molar-refractivity contribution in [2.75, 3.05) is 38.2 Å². The van der Waals surface area contributed by atoms with Crippen LogP contribution in [0.1, 0.15) is 37.5 Å². The van der Waals surface area contributed by atoms with E-state index in [0.29, 0.717) is 48.4 Å². The Kier molecular flexibility index (Phi) is 8.99. The van der Waals surface area contributed by atoms with Crippen LogP contribution < -0.4 is 10.1 Å². The number of nitrogens with zero attached hydrogens (tertiary/aromatic N) is 1. The number of amides is 2. The van der Waals surface area contributed by atoms with E-state index >= 15 is 0 Å². The van der Waals surface area contributed by atoms with Crippen LogP contribution in [0.3, 0.4) is 0 Å². The molecule has 1 aromatic carbocycles. The molecule has 1 N–H and O–H groups in total. The fourth-order valence-corrected chi connectivity index (χ4v) is 4.10. The van der Waals surface area contributed by atoms with E-state index < -0.39 is 5.97 Å². The molecule has 29 heavy (non-hydrogen) atoms. The number of hydrogen-bond donors (Lipinski definition) is 1. The molecule has 9 heteroatoms. The lowest BCUT2D eigenvalue weighted by Crippen LogP contribution is -2.33. The number of carbonyl (C=O) groups is 3. The minimum absolute atomic E-state index is 0.230. The summed E-state index contributed by atoms with van der Waals surface area (Å²) in [5.74, 6) is -0.220. The molecular formula is C20H27IN2O6. The average molecular weight is 518 g/mol. The Balaban J connectivity index is 2.38. The third kappa shape index (κ3) is 6.22. The smallest absolute Gasteiger partial charge is 0.409 e. The van der Waals surface area contributed by atoms with Crippen molar-refractivity contribution in [1.29, 1.82) is 0 Å². The van der Waals surface area contributed by atoms with Gasteiger partial charge in [0, 0.05) is 30.0 Å². The first kappa shape index (κ1) is 23.2. The summed E-state index contributed by atoms with van der Waals surface area (Å²) in [6.45, 7) is 6.37. The number of esters is 1. The quantitative estimate of drug-likeness (QED) is 0.339. The fraction of sp³-hybridized carbons (Fsp3) is 0.550. The first-order valence-electron chi connectivity index (χ1n) is 9.62. The number of hydrogen-bond acceptors (Lipinski definition) is 6. The summed E-state index contributed by atoms with van der Waals surface area (Å²) in [7, 11) is 0. The zero-order valence-electron chi connectivity index (χ0n) is 17.0. The number of anilines is 1. The third-order valence-electron chi connectivity index (χ3n) is 4.48. The van der Waals surface area contributed by atoms with Crippen molar-refractivity contribution in [3.8, 4) is 5.75 Å². The van der Waals surface area contributed by atoms with E-state index in [0.717, 1.165) is 16.7 Å². The van der Waals surface area contributed by atoms with Gasteiger partial charge in [-0.2, -0.15) is 0 Å². The van der Waals surface area contributed by atoms with Crippen LogP contribution >= 0.6 is 22.6 Å². The highest BCUT2D eigenvalue weighted by Crippen LogP contribution is 2.38. The van der Waals surface area contributed by atoms with Crippen molar-refractivity contribution in [3.05, 3.63) is 22.8 Å². The van der Waals surface area contributed by atoms with Gasteiger partial charge < -0.3 is 24.4 Å². The molecule has 0 unspecified atom stereocenters. The molecule has 1 heterocycles. The topological polar surface area (TPSA) is 94.2 Å². The van der Waals surface area contributed by atoms with E-state index in [1.165, 1.54) is 6.92 Å². The zero-order valence-corrected chi connectivity index (χ0v) is 19.2. The number of carbonyl (C=O) groups excluding carboxylic acids is 3. The molecule has 1 aliphatic heterocycles. The van der Waals surface area contributed by atoms with Crippen molar-refractivity contribution in [1.82, 2.24) is 4.90 Å². The summed E-state index contributed by atoms with van der Waals surface area (Å²) < 4.78 is 16.5. The van der Waals surface area contributed by atoms with Crippen molar-refractivity contribution in [3.63, 3.8) is 0 Å². The van der Waals surface area contributed by atoms with Gasteiger partial charge >= 0.3 is 12.1 Å². The van der Waals surface area contributed by atoms with Gasteiger partial charge in [-0.1, -0.05) is 22.6 Å². The van der Waals surface area contributed by atoms with Crippen molar-refractivity contribution < 1.29 is 28.6 Å². The number of benzene rings is 1. The highest BCUT2D eigenvalue weighted by atomic mass is 127. The second-order valence-corrected chi connectivity index (χ2v) is 7.23. The highest BCUT2D eigenvalue weighted by molar-refractivity contribution is 14.1. The van der Waals surface area contributed by atoms with Gasteiger partial charge in [0.2, 0.25) is 5.91 Å². The van der Waals surface area contributed by atoms with Gasteiger partial charge in [0.05, 0.1) is 18.9 Å². The predicted molar refractivity (Wildman–Crippen MR) is 117 cm³/mol. The molecule has 0 atom stereocenters. The van der Waals surface area contributed by atoms with Crippen LogP contribution in [-0.4, -0.2) is 55.8 Å². The van der Waals surface area contributed by atoms with E-state index in [2.05, 4.69) is 27.9 Å². The molecule has 0 spiro atoms. The molecule has 2 rings (SSSR count). The van der Waals surface area contributed by atoms with Gasteiger partial charge in [-0.3, -0.25) is 4.79 Å². The zero-order chi connectivity index (χ0) is 21.4. The van der Waals surface area contributed by atoms with Crippen molar-refractivity contribution >= 4 is 46.2 Å². The Morgan fingerprint density at radius 1 is 1.14 bits per heavy atom. The minimum Gasteiger partial charge on any atom is -0.479 e. The summed E-state index contributed by atoms with van der Waals surface area (Å²) in [5.41, 5.74) is 3.58. The molecule has 2 amide bonds. The van der Waals surface area contributed by atoms with Gasteiger partial charge in [0.15, 0.2) is 6.61 Å². The number of nitrogens with one attached hydrogen (secondary N) is 1. The summed E-state index contributed by atoms with van der Waals surface area (Å²) in [6.07, 6.45) is 0.961. The molecule has 0 aliphatic carbocycles. The van der Waals surface area contributed by atoms with Crippen LogP contribution in [0.5, 0.6) is 5.75 Å². The van der Waals surface area contributed by atoms with Crippen LogP contribution in [0, 0.1) is 0 Å². The second-order valence-electron chi connectivity index (χ2n) is 6.46. The Morgan fingerprint density at radius 2 is 1.83 bits per heavy atom. The van der Waals surface area contributed by atoms with Crippen LogP contribution in [0.2, 0.25) is 0 Å². The maximum absolute atomic E-state index is 12.1. The molecule has 0 radical (unpaired) electrons. The van der Waals surface area contributed by atoms with Gasteiger partial charge in [0.1, 0.15) is 5.75 Å². The number of ether oxygens (including phenoxy) is 3. The van der Waals surface area contributed by atoms with Crippen LogP contribution in [0.4, 0.5) is 10.5 Å². The predicted octanol–water partition coefficient (Wildman–Crippen LogP) is 3.08. The first-order chi connectivity index (χ1) is 13.9.